The van der Waals surface area contributed by atoms with E-state index in [0.29, 0.717) is 22.8 Å². The number of nitrogens with zero attached hydrogens (tertiary/aromatic N) is 5. The topological polar surface area (TPSA) is 83.5 Å². The van der Waals surface area contributed by atoms with E-state index in [-0.39, 0.29) is 11.7 Å². The van der Waals surface area contributed by atoms with Crippen LogP contribution in [0.3, 0.4) is 0 Å². The molecule has 4 rings (SSSR count). The summed E-state index contributed by atoms with van der Waals surface area (Å²) < 4.78 is 0. The Morgan fingerprint density at radius 3 is 2.82 bits per heavy atom. The molecule has 2 aromatic rings. The van der Waals surface area contributed by atoms with Gasteiger partial charge < -0.3 is 4.90 Å². The molecule has 0 aromatic heterocycles. The smallest absolute Gasteiger partial charge is 0.270 e. The number of halogens is 1. The molecule has 0 saturated heterocycles. The Morgan fingerprint density at radius 1 is 1.25 bits per heavy atom. The first-order chi connectivity index (χ1) is 13.6. The molecular formula is C20H18ClN5O2. The number of nitro benzene ring substituents is 1. The second-order valence-electron chi connectivity index (χ2n) is 6.61. The third-order valence-corrected chi connectivity index (χ3v) is 5.15. The molecule has 142 valence electrons. The van der Waals surface area contributed by atoms with Crippen LogP contribution in [0.2, 0.25) is 5.02 Å². The monoisotopic (exact) mass is 395 g/mol. The Morgan fingerprint density at radius 2 is 2.07 bits per heavy atom. The fraction of sp³-hybridized carbons (Fsp3) is 0.250. The Hall–Kier alpha value is -3.06. The molecule has 1 atom stereocenters. The minimum Gasteiger partial charge on any atom is -0.318 e. The fourth-order valence-corrected chi connectivity index (χ4v) is 3.79. The van der Waals surface area contributed by atoms with Crippen molar-refractivity contribution in [3.63, 3.8) is 0 Å². The molecule has 8 heteroatoms. The van der Waals surface area contributed by atoms with Gasteiger partial charge in [0.15, 0.2) is 5.84 Å². The third kappa shape index (κ3) is 3.18. The summed E-state index contributed by atoms with van der Waals surface area (Å²) in [6.07, 6.45) is 3.68. The van der Waals surface area contributed by atoms with Crippen molar-refractivity contribution in [2.24, 2.45) is 15.2 Å². The molecule has 0 aliphatic carbocycles. The largest absolute Gasteiger partial charge is 0.318 e. The third-order valence-electron chi connectivity index (χ3n) is 4.82. The van der Waals surface area contributed by atoms with E-state index in [2.05, 4.69) is 22.0 Å². The van der Waals surface area contributed by atoms with Crippen LogP contribution in [0, 0.1) is 10.1 Å². The molecule has 2 aliphatic rings. The Balaban J connectivity index is 1.95. The Labute approximate surface area is 167 Å². The quantitative estimate of drug-likeness (QED) is 0.565. The molecule has 2 heterocycles. The summed E-state index contributed by atoms with van der Waals surface area (Å²) in [5.41, 5.74) is 2.86. The number of non-ortho nitro benzene ring substituents is 1. The van der Waals surface area contributed by atoms with E-state index in [0.717, 1.165) is 29.9 Å². The molecule has 2 aliphatic heterocycles. The van der Waals surface area contributed by atoms with E-state index < -0.39 is 4.92 Å². The highest BCUT2D eigenvalue weighted by Gasteiger charge is 2.32. The van der Waals surface area contributed by atoms with Gasteiger partial charge >= 0.3 is 0 Å². The summed E-state index contributed by atoms with van der Waals surface area (Å²) in [5.74, 6) is 0.720. The van der Waals surface area contributed by atoms with Gasteiger partial charge in [-0.25, -0.2) is 0 Å². The molecular weight excluding hydrogens is 378 g/mol. The van der Waals surface area contributed by atoms with Crippen LogP contribution < -0.4 is 4.90 Å². The fourth-order valence-electron chi connectivity index (χ4n) is 3.56. The average molecular weight is 396 g/mol. The van der Waals surface area contributed by atoms with Crippen molar-refractivity contribution >= 4 is 40.7 Å². The summed E-state index contributed by atoms with van der Waals surface area (Å²) in [7, 11) is 0. The highest BCUT2D eigenvalue weighted by molar-refractivity contribution is 6.36. The lowest BCUT2D eigenvalue weighted by atomic mass is 9.98. The van der Waals surface area contributed by atoms with Crippen LogP contribution in [-0.4, -0.2) is 35.3 Å². The lowest BCUT2D eigenvalue weighted by Gasteiger charge is -2.33. The van der Waals surface area contributed by atoms with Crippen LogP contribution in [0.25, 0.3) is 0 Å². The van der Waals surface area contributed by atoms with Gasteiger partial charge in [-0.3, -0.25) is 15.1 Å². The van der Waals surface area contributed by atoms with E-state index in [1.54, 1.807) is 18.2 Å². The van der Waals surface area contributed by atoms with E-state index in [4.69, 9.17) is 16.6 Å². The molecule has 1 unspecified atom stereocenters. The van der Waals surface area contributed by atoms with Gasteiger partial charge in [0.1, 0.15) is 0 Å². The van der Waals surface area contributed by atoms with Gasteiger partial charge in [0, 0.05) is 28.3 Å². The van der Waals surface area contributed by atoms with Crippen LogP contribution in [0.1, 0.15) is 30.9 Å². The maximum Gasteiger partial charge on any atom is 0.270 e. The molecule has 0 fully saturated rings. The standard InChI is InChI=1S/C20H18ClN5O2/c1-2-5-14-11-23-24-19-12-22-20(15-6-3-4-7-17(15)21)16-10-13(26(27)28)8-9-18(16)25(14)19/h3-4,6-11,14H,2,5,12H2,1H3. The van der Waals surface area contributed by atoms with E-state index in [9.17, 15) is 10.1 Å². The predicted octanol–water partition coefficient (Wildman–Crippen LogP) is 4.47. The van der Waals surface area contributed by atoms with E-state index >= 15 is 0 Å². The zero-order valence-corrected chi connectivity index (χ0v) is 16.0. The van der Waals surface area contributed by atoms with Crippen LogP contribution in [0.4, 0.5) is 11.4 Å². The summed E-state index contributed by atoms with van der Waals surface area (Å²) in [6, 6.07) is 12.2. The van der Waals surface area contributed by atoms with Crippen LogP contribution in [0.5, 0.6) is 0 Å². The van der Waals surface area contributed by atoms with Crippen molar-refractivity contribution < 1.29 is 4.92 Å². The second-order valence-corrected chi connectivity index (χ2v) is 7.02. The lowest BCUT2D eigenvalue weighted by molar-refractivity contribution is -0.384. The SMILES string of the molecule is CCCC1C=NN=C2CN=C(c3ccccc3Cl)c3cc([N+](=O)[O-])ccc3N21. The van der Waals surface area contributed by atoms with Crippen molar-refractivity contribution in [2.45, 2.75) is 25.8 Å². The number of anilines is 1. The minimum atomic E-state index is -0.397. The molecule has 0 bridgehead atoms. The number of nitro groups is 1. The molecule has 2 aromatic carbocycles. The van der Waals surface area contributed by atoms with Crippen molar-refractivity contribution in [1.82, 2.24) is 0 Å². The van der Waals surface area contributed by atoms with Crippen molar-refractivity contribution in [2.75, 3.05) is 11.4 Å². The van der Waals surface area contributed by atoms with Gasteiger partial charge in [-0.15, -0.1) is 5.10 Å². The molecule has 0 saturated carbocycles. The zero-order chi connectivity index (χ0) is 19.7. The predicted molar refractivity (Wildman–Crippen MR) is 112 cm³/mol. The Bertz CT molecular complexity index is 1030. The van der Waals surface area contributed by atoms with Gasteiger partial charge in [-0.1, -0.05) is 43.1 Å². The van der Waals surface area contributed by atoms with Gasteiger partial charge in [0.2, 0.25) is 0 Å². The normalized spacial score (nSPS) is 17.9. The van der Waals surface area contributed by atoms with Crippen LogP contribution in [0.15, 0.2) is 57.7 Å². The molecule has 0 amide bonds. The van der Waals surface area contributed by atoms with Crippen LogP contribution >= 0.6 is 11.6 Å². The average Bonchev–Trinajstić information content (AvgIpc) is 2.86. The van der Waals surface area contributed by atoms with Crippen LogP contribution in [-0.2, 0) is 0 Å². The molecule has 0 radical (unpaired) electrons. The number of hydrogen-bond donors (Lipinski definition) is 0. The molecule has 0 N–H and O–H groups in total. The maximum absolute atomic E-state index is 11.4. The lowest BCUT2D eigenvalue weighted by Crippen LogP contribution is -2.44. The molecule has 0 spiro atoms. The number of rotatable bonds is 4. The summed E-state index contributed by atoms with van der Waals surface area (Å²) >= 11 is 6.43. The van der Waals surface area contributed by atoms with E-state index in [1.165, 1.54) is 6.07 Å². The first-order valence-corrected chi connectivity index (χ1v) is 9.45. The van der Waals surface area contributed by atoms with Gasteiger partial charge in [0.05, 0.1) is 35.1 Å². The highest BCUT2D eigenvalue weighted by atomic mass is 35.5. The van der Waals surface area contributed by atoms with Crippen molar-refractivity contribution in [1.29, 1.82) is 0 Å². The molecule has 7 nitrogen and oxygen atoms in total. The number of aliphatic imine (C=N–C) groups is 1. The molecule has 28 heavy (non-hydrogen) atoms. The zero-order valence-electron chi connectivity index (χ0n) is 15.2. The van der Waals surface area contributed by atoms with Crippen molar-refractivity contribution in [3.8, 4) is 0 Å². The summed E-state index contributed by atoms with van der Waals surface area (Å²) in [4.78, 5) is 17.8. The summed E-state index contributed by atoms with van der Waals surface area (Å²) in [6.45, 7) is 2.43. The Kier molecular flexibility index (Phi) is 4.92. The van der Waals surface area contributed by atoms with Gasteiger partial charge in [-0.2, -0.15) is 5.10 Å². The first-order valence-electron chi connectivity index (χ1n) is 9.07. The van der Waals surface area contributed by atoms with Gasteiger partial charge in [-0.05, 0) is 18.6 Å². The van der Waals surface area contributed by atoms with E-state index in [1.807, 2.05) is 24.4 Å². The first kappa shape index (κ1) is 18.3. The summed E-state index contributed by atoms with van der Waals surface area (Å²) in [5, 5.41) is 20.4. The number of amidine groups is 1. The number of benzene rings is 2. The highest BCUT2D eigenvalue weighted by Crippen LogP contribution is 2.34. The number of fused-ring (bicyclic) bond motifs is 3. The van der Waals surface area contributed by atoms with Crippen molar-refractivity contribution in [3.05, 3.63) is 68.7 Å². The minimum absolute atomic E-state index is 0.0108. The van der Waals surface area contributed by atoms with Gasteiger partial charge in [0.25, 0.3) is 5.69 Å². The maximum atomic E-state index is 11.4. The number of hydrogen-bond acceptors (Lipinski definition) is 6. The second kappa shape index (κ2) is 7.52.